The minimum Gasteiger partial charge on any atom is -0.507 e. The highest BCUT2D eigenvalue weighted by molar-refractivity contribution is 6.02. The van der Waals surface area contributed by atoms with Gasteiger partial charge in [0.15, 0.2) is 0 Å². The maximum Gasteiger partial charge on any atom is 0.135 e. The SMILES string of the molecule is COc1ccc(-c2ccc3c(OC)ccc(OC)c3c2O)cc1. The number of hydrogen-bond acceptors (Lipinski definition) is 4. The molecule has 0 heterocycles. The van der Waals surface area contributed by atoms with Gasteiger partial charge < -0.3 is 19.3 Å². The summed E-state index contributed by atoms with van der Waals surface area (Å²) in [6.45, 7) is 0. The van der Waals surface area contributed by atoms with Crippen molar-refractivity contribution in [1.82, 2.24) is 0 Å². The van der Waals surface area contributed by atoms with Crippen molar-refractivity contribution in [2.75, 3.05) is 21.3 Å². The van der Waals surface area contributed by atoms with Gasteiger partial charge in [0.2, 0.25) is 0 Å². The zero-order chi connectivity index (χ0) is 16.4. The molecule has 118 valence electrons. The van der Waals surface area contributed by atoms with Crippen molar-refractivity contribution in [2.45, 2.75) is 0 Å². The molecule has 3 aromatic rings. The molecule has 0 unspecified atom stereocenters. The zero-order valence-electron chi connectivity index (χ0n) is 13.3. The molecule has 0 amide bonds. The largest absolute Gasteiger partial charge is 0.507 e. The first-order chi connectivity index (χ1) is 11.2. The molecular weight excluding hydrogens is 292 g/mol. The van der Waals surface area contributed by atoms with Crippen molar-refractivity contribution in [1.29, 1.82) is 0 Å². The fraction of sp³-hybridized carbons (Fsp3) is 0.158. The van der Waals surface area contributed by atoms with Gasteiger partial charge in [-0.1, -0.05) is 12.1 Å². The Morgan fingerprint density at radius 3 is 1.96 bits per heavy atom. The normalized spacial score (nSPS) is 10.6. The second-order valence-corrected chi connectivity index (χ2v) is 5.08. The highest BCUT2D eigenvalue weighted by Gasteiger charge is 2.15. The fourth-order valence-electron chi connectivity index (χ4n) is 2.72. The van der Waals surface area contributed by atoms with Crippen molar-refractivity contribution in [3.8, 4) is 34.1 Å². The molecule has 0 fully saturated rings. The van der Waals surface area contributed by atoms with Crippen LogP contribution in [0.3, 0.4) is 0 Å². The topological polar surface area (TPSA) is 47.9 Å². The molecule has 4 heteroatoms. The molecule has 3 aromatic carbocycles. The van der Waals surface area contributed by atoms with E-state index in [-0.39, 0.29) is 5.75 Å². The molecular formula is C19H18O4. The van der Waals surface area contributed by atoms with E-state index >= 15 is 0 Å². The summed E-state index contributed by atoms with van der Waals surface area (Å²) in [6.07, 6.45) is 0. The number of methoxy groups -OCH3 is 3. The lowest BCUT2D eigenvalue weighted by Crippen LogP contribution is -1.91. The first kappa shape index (κ1) is 15.0. The molecule has 0 saturated carbocycles. The van der Waals surface area contributed by atoms with Crippen LogP contribution in [-0.4, -0.2) is 26.4 Å². The van der Waals surface area contributed by atoms with Gasteiger partial charge in [-0.3, -0.25) is 0 Å². The molecule has 0 bridgehead atoms. The summed E-state index contributed by atoms with van der Waals surface area (Å²) in [5.41, 5.74) is 1.63. The van der Waals surface area contributed by atoms with Crippen molar-refractivity contribution in [3.05, 3.63) is 48.5 Å². The van der Waals surface area contributed by atoms with Gasteiger partial charge in [-0.25, -0.2) is 0 Å². The van der Waals surface area contributed by atoms with Crippen LogP contribution in [0, 0.1) is 0 Å². The Labute approximate surface area is 134 Å². The van der Waals surface area contributed by atoms with Crippen LogP contribution in [0.15, 0.2) is 48.5 Å². The molecule has 4 nitrogen and oxygen atoms in total. The number of rotatable bonds is 4. The summed E-state index contributed by atoms with van der Waals surface area (Å²) in [4.78, 5) is 0. The molecule has 3 rings (SSSR count). The molecule has 0 aliphatic heterocycles. The van der Waals surface area contributed by atoms with Gasteiger partial charge in [0.1, 0.15) is 23.0 Å². The summed E-state index contributed by atoms with van der Waals surface area (Å²) in [7, 11) is 4.82. The second kappa shape index (κ2) is 6.08. The molecule has 1 N–H and O–H groups in total. The lowest BCUT2D eigenvalue weighted by molar-refractivity contribution is 0.408. The summed E-state index contributed by atoms with van der Waals surface area (Å²) < 4.78 is 15.9. The highest BCUT2D eigenvalue weighted by atomic mass is 16.5. The maximum absolute atomic E-state index is 10.8. The quantitative estimate of drug-likeness (QED) is 0.783. The molecule has 0 radical (unpaired) electrons. The third-order valence-electron chi connectivity index (χ3n) is 3.92. The Kier molecular flexibility index (Phi) is 3.98. The van der Waals surface area contributed by atoms with Crippen LogP contribution in [-0.2, 0) is 0 Å². The Morgan fingerprint density at radius 2 is 1.35 bits per heavy atom. The monoisotopic (exact) mass is 310 g/mol. The van der Waals surface area contributed by atoms with E-state index in [1.807, 2.05) is 42.5 Å². The summed E-state index contributed by atoms with van der Waals surface area (Å²) >= 11 is 0. The van der Waals surface area contributed by atoms with Gasteiger partial charge in [-0.2, -0.15) is 0 Å². The first-order valence-electron chi connectivity index (χ1n) is 7.20. The molecule has 0 aromatic heterocycles. The van der Waals surface area contributed by atoms with E-state index in [1.165, 1.54) is 0 Å². The molecule has 0 atom stereocenters. The molecule has 0 saturated heterocycles. The number of phenols is 1. The van der Waals surface area contributed by atoms with Gasteiger partial charge in [-0.05, 0) is 42.0 Å². The summed E-state index contributed by atoms with van der Waals surface area (Å²) in [5.74, 6) is 2.24. The smallest absolute Gasteiger partial charge is 0.135 e. The van der Waals surface area contributed by atoms with Crippen LogP contribution < -0.4 is 14.2 Å². The van der Waals surface area contributed by atoms with Crippen LogP contribution in [0.4, 0.5) is 0 Å². The first-order valence-corrected chi connectivity index (χ1v) is 7.20. The minimum absolute atomic E-state index is 0.170. The second-order valence-electron chi connectivity index (χ2n) is 5.08. The van der Waals surface area contributed by atoms with E-state index in [0.717, 1.165) is 22.3 Å². The third-order valence-corrected chi connectivity index (χ3v) is 3.92. The summed E-state index contributed by atoms with van der Waals surface area (Å²) in [6, 6.07) is 15.0. The van der Waals surface area contributed by atoms with Crippen molar-refractivity contribution in [3.63, 3.8) is 0 Å². The average Bonchev–Trinajstić information content (AvgIpc) is 2.61. The number of aromatic hydroxyl groups is 1. The van der Waals surface area contributed by atoms with E-state index in [4.69, 9.17) is 14.2 Å². The van der Waals surface area contributed by atoms with Gasteiger partial charge in [0, 0.05) is 10.9 Å². The summed E-state index contributed by atoms with van der Waals surface area (Å²) in [5, 5.41) is 12.2. The highest BCUT2D eigenvalue weighted by Crippen LogP contribution is 2.43. The number of ether oxygens (including phenoxy) is 3. The Bertz CT molecular complexity index is 838. The Balaban J connectivity index is 2.25. The van der Waals surface area contributed by atoms with E-state index in [9.17, 15) is 5.11 Å². The van der Waals surface area contributed by atoms with E-state index < -0.39 is 0 Å². The number of fused-ring (bicyclic) bond motifs is 1. The molecule has 23 heavy (non-hydrogen) atoms. The van der Waals surface area contributed by atoms with Crippen LogP contribution in [0.25, 0.3) is 21.9 Å². The van der Waals surface area contributed by atoms with Crippen molar-refractivity contribution in [2.24, 2.45) is 0 Å². The number of hydrogen-bond donors (Lipinski definition) is 1. The van der Waals surface area contributed by atoms with Crippen molar-refractivity contribution < 1.29 is 19.3 Å². The number of benzene rings is 3. The van der Waals surface area contributed by atoms with Crippen LogP contribution in [0.2, 0.25) is 0 Å². The standard InChI is InChI=1S/C19H18O4/c1-21-13-6-4-12(5-7-13)14-8-9-15-16(22-2)10-11-17(23-3)18(15)19(14)20/h4-11,20H,1-3H3. The lowest BCUT2D eigenvalue weighted by atomic mass is 9.98. The predicted octanol–water partition coefficient (Wildman–Crippen LogP) is 4.24. The van der Waals surface area contributed by atoms with E-state index in [2.05, 4.69) is 0 Å². The minimum atomic E-state index is 0.170. The Morgan fingerprint density at radius 1 is 0.696 bits per heavy atom. The van der Waals surface area contributed by atoms with Crippen LogP contribution >= 0.6 is 0 Å². The average molecular weight is 310 g/mol. The molecule has 0 aliphatic carbocycles. The third kappa shape index (κ3) is 2.52. The van der Waals surface area contributed by atoms with E-state index in [0.29, 0.717) is 16.9 Å². The molecule has 0 spiro atoms. The van der Waals surface area contributed by atoms with Crippen molar-refractivity contribution >= 4 is 10.8 Å². The van der Waals surface area contributed by atoms with Gasteiger partial charge in [0.05, 0.1) is 26.7 Å². The lowest BCUT2D eigenvalue weighted by Gasteiger charge is -2.14. The van der Waals surface area contributed by atoms with Crippen LogP contribution in [0.1, 0.15) is 0 Å². The zero-order valence-corrected chi connectivity index (χ0v) is 13.3. The fourth-order valence-corrected chi connectivity index (χ4v) is 2.72. The predicted molar refractivity (Wildman–Crippen MR) is 90.7 cm³/mol. The molecule has 0 aliphatic rings. The number of phenolic OH excluding ortho intramolecular Hbond substituents is 1. The van der Waals surface area contributed by atoms with Gasteiger partial charge >= 0.3 is 0 Å². The van der Waals surface area contributed by atoms with Crippen LogP contribution in [0.5, 0.6) is 23.0 Å². The Hall–Kier alpha value is -2.88. The maximum atomic E-state index is 10.8. The van der Waals surface area contributed by atoms with E-state index in [1.54, 1.807) is 27.4 Å². The van der Waals surface area contributed by atoms with Gasteiger partial charge in [-0.15, -0.1) is 0 Å². The van der Waals surface area contributed by atoms with Gasteiger partial charge in [0.25, 0.3) is 0 Å².